The van der Waals surface area contributed by atoms with Gasteiger partial charge in [-0.1, -0.05) is 36.5 Å². The van der Waals surface area contributed by atoms with E-state index in [4.69, 9.17) is 9.88 Å². The highest BCUT2D eigenvalue weighted by molar-refractivity contribution is 7.91. The molecule has 0 radical (unpaired) electrons. The molecule has 0 spiro atoms. The highest BCUT2D eigenvalue weighted by atomic mass is 32.2. The minimum Gasteiger partial charge on any atom is -0.488 e. The zero-order valence-electron chi connectivity index (χ0n) is 12.4. The van der Waals surface area contributed by atoms with Crippen molar-refractivity contribution in [2.24, 2.45) is 5.14 Å². The molecule has 2 aromatic rings. The van der Waals surface area contributed by atoms with Crippen LogP contribution in [-0.2, 0) is 10.0 Å². The Morgan fingerprint density at radius 3 is 2.73 bits per heavy atom. The smallest absolute Gasteiger partial charge is 0.249 e. The number of anilines is 1. The zero-order chi connectivity index (χ0) is 16.2. The molecule has 120 valence electrons. The molecule has 0 amide bonds. The van der Waals surface area contributed by atoms with Crippen LogP contribution in [0.15, 0.2) is 34.7 Å². The minimum absolute atomic E-state index is 0.0390. The average molecular weight is 341 g/mol. The Labute approximate surface area is 134 Å². The number of ether oxygens (including phenoxy) is 1. The summed E-state index contributed by atoms with van der Waals surface area (Å²) in [5.74, 6) is 0.848. The first-order chi connectivity index (χ1) is 10.4. The van der Waals surface area contributed by atoms with Crippen LogP contribution in [0.1, 0.15) is 18.9 Å². The van der Waals surface area contributed by atoms with Gasteiger partial charge in [0.1, 0.15) is 11.9 Å². The van der Waals surface area contributed by atoms with Crippen molar-refractivity contribution in [1.29, 1.82) is 0 Å². The fourth-order valence-corrected chi connectivity index (χ4v) is 3.27. The van der Waals surface area contributed by atoms with Crippen molar-refractivity contribution >= 4 is 26.5 Å². The Bertz CT molecular complexity index is 728. The van der Waals surface area contributed by atoms with Gasteiger partial charge in [-0.15, -0.1) is 0 Å². The summed E-state index contributed by atoms with van der Waals surface area (Å²) in [6, 6.07) is 7.82. The predicted octanol–water partition coefficient (Wildman–Crippen LogP) is 2.37. The molecule has 1 aromatic heterocycles. The maximum atomic E-state index is 11.2. The topological polar surface area (TPSA) is 94.3 Å². The number of primary sulfonamides is 1. The first kappa shape index (κ1) is 16.7. The van der Waals surface area contributed by atoms with E-state index in [1.807, 2.05) is 38.1 Å². The molecule has 0 saturated heterocycles. The van der Waals surface area contributed by atoms with Gasteiger partial charge < -0.3 is 10.1 Å². The lowest BCUT2D eigenvalue weighted by atomic mass is 10.2. The van der Waals surface area contributed by atoms with E-state index in [0.717, 1.165) is 29.1 Å². The van der Waals surface area contributed by atoms with Crippen LogP contribution < -0.4 is 15.2 Å². The van der Waals surface area contributed by atoms with Gasteiger partial charge in [0.05, 0.1) is 12.7 Å². The molecule has 0 fully saturated rings. The van der Waals surface area contributed by atoms with E-state index < -0.39 is 10.0 Å². The Morgan fingerprint density at radius 2 is 2.14 bits per heavy atom. The van der Waals surface area contributed by atoms with Crippen LogP contribution in [0.5, 0.6) is 5.75 Å². The Morgan fingerprint density at radius 1 is 1.41 bits per heavy atom. The lowest BCUT2D eigenvalue weighted by Gasteiger charge is -2.19. The highest BCUT2D eigenvalue weighted by Gasteiger charge is 2.14. The summed E-state index contributed by atoms with van der Waals surface area (Å²) in [5.41, 5.74) is 1.08. The molecule has 8 heteroatoms. The number of hydrogen-bond acceptors (Lipinski definition) is 6. The Hall–Kier alpha value is -1.64. The summed E-state index contributed by atoms with van der Waals surface area (Å²) in [7, 11) is -3.70. The molecule has 2 rings (SSSR count). The number of nitrogens with two attached hydrogens (primary N) is 1. The first-order valence-electron chi connectivity index (χ1n) is 6.85. The number of hydrogen-bond donors (Lipinski definition) is 2. The maximum absolute atomic E-state index is 11.2. The molecule has 3 N–H and O–H groups in total. The van der Waals surface area contributed by atoms with Crippen LogP contribution in [0.3, 0.4) is 0 Å². The van der Waals surface area contributed by atoms with Crippen LogP contribution in [0, 0.1) is 6.92 Å². The van der Waals surface area contributed by atoms with Gasteiger partial charge in [-0.3, -0.25) is 0 Å². The summed E-state index contributed by atoms with van der Waals surface area (Å²) in [6.45, 7) is 4.55. The van der Waals surface area contributed by atoms with Crippen LogP contribution in [-0.4, -0.2) is 26.1 Å². The number of aromatic nitrogens is 1. The van der Waals surface area contributed by atoms with Gasteiger partial charge in [0.15, 0.2) is 9.34 Å². The second kappa shape index (κ2) is 7.08. The summed E-state index contributed by atoms with van der Waals surface area (Å²) in [4.78, 5) is 4.01. The molecule has 0 aliphatic rings. The number of para-hydroxylation sites is 1. The summed E-state index contributed by atoms with van der Waals surface area (Å²) < 4.78 is 28.4. The fourth-order valence-electron chi connectivity index (χ4n) is 1.81. The summed E-state index contributed by atoms with van der Waals surface area (Å²) in [5, 5.41) is 8.66. The van der Waals surface area contributed by atoms with Crippen molar-refractivity contribution in [2.45, 2.75) is 30.6 Å². The second-order valence-electron chi connectivity index (χ2n) is 4.82. The van der Waals surface area contributed by atoms with E-state index >= 15 is 0 Å². The van der Waals surface area contributed by atoms with Gasteiger partial charge in [0, 0.05) is 0 Å². The van der Waals surface area contributed by atoms with E-state index in [-0.39, 0.29) is 10.3 Å². The maximum Gasteiger partial charge on any atom is 0.249 e. The lowest BCUT2D eigenvalue weighted by Crippen LogP contribution is -2.25. The monoisotopic (exact) mass is 341 g/mol. The number of rotatable bonds is 7. The number of aryl methyl sites for hydroxylation is 1. The zero-order valence-corrected chi connectivity index (χ0v) is 14.1. The molecule has 22 heavy (non-hydrogen) atoms. The summed E-state index contributed by atoms with van der Waals surface area (Å²) >= 11 is 1.01. The van der Waals surface area contributed by atoms with Crippen LogP contribution in [0.2, 0.25) is 0 Å². The van der Waals surface area contributed by atoms with Crippen LogP contribution in [0.25, 0.3) is 0 Å². The molecule has 1 atom stereocenters. The number of benzene rings is 1. The van der Waals surface area contributed by atoms with Crippen molar-refractivity contribution in [3.63, 3.8) is 0 Å². The first-order valence-corrected chi connectivity index (χ1v) is 9.21. The van der Waals surface area contributed by atoms with Crippen LogP contribution in [0.4, 0.5) is 5.13 Å². The van der Waals surface area contributed by atoms with Gasteiger partial charge in [-0.2, -0.15) is 0 Å². The van der Waals surface area contributed by atoms with Crippen molar-refractivity contribution in [3.05, 3.63) is 36.0 Å². The molecular formula is C14H19N3O3S2. The Balaban J connectivity index is 1.97. The van der Waals surface area contributed by atoms with E-state index in [9.17, 15) is 8.42 Å². The average Bonchev–Trinajstić information content (AvgIpc) is 2.94. The third-order valence-electron chi connectivity index (χ3n) is 3.09. The van der Waals surface area contributed by atoms with Gasteiger partial charge in [-0.05, 0) is 25.0 Å². The molecule has 1 heterocycles. The third-order valence-corrected chi connectivity index (χ3v) is 5.45. The number of nitrogens with zero attached hydrogens (tertiary/aromatic N) is 1. The normalized spacial score (nSPS) is 12.9. The quantitative estimate of drug-likeness (QED) is 0.806. The van der Waals surface area contributed by atoms with Crippen molar-refractivity contribution in [3.8, 4) is 5.75 Å². The SMILES string of the molecule is CCC(CNc1ncc(S(N)(=O)=O)s1)Oc1ccccc1C. The van der Waals surface area contributed by atoms with E-state index in [0.29, 0.717) is 11.7 Å². The van der Waals surface area contributed by atoms with Gasteiger partial charge in [0.2, 0.25) is 10.0 Å². The van der Waals surface area contributed by atoms with Gasteiger partial charge in [0.25, 0.3) is 0 Å². The molecule has 6 nitrogen and oxygen atoms in total. The highest BCUT2D eigenvalue weighted by Crippen LogP contribution is 2.22. The molecular weight excluding hydrogens is 322 g/mol. The number of nitrogens with one attached hydrogen (secondary N) is 1. The summed E-state index contributed by atoms with van der Waals surface area (Å²) in [6.07, 6.45) is 2.03. The lowest BCUT2D eigenvalue weighted by molar-refractivity contribution is 0.208. The molecule has 0 saturated carbocycles. The van der Waals surface area contributed by atoms with E-state index in [1.54, 1.807) is 0 Å². The van der Waals surface area contributed by atoms with E-state index in [2.05, 4.69) is 10.3 Å². The number of sulfonamides is 1. The van der Waals surface area contributed by atoms with Crippen LogP contribution >= 0.6 is 11.3 Å². The third kappa shape index (κ3) is 4.43. The predicted molar refractivity (Wildman–Crippen MR) is 87.9 cm³/mol. The van der Waals surface area contributed by atoms with Crippen molar-refractivity contribution in [2.75, 3.05) is 11.9 Å². The van der Waals surface area contributed by atoms with Gasteiger partial charge in [-0.25, -0.2) is 18.5 Å². The molecule has 1 unspecified atom stereocenters. The fraction of sp³-hybridized carbons (Fsp3) is 0.357. The molecule has 0 aliphatic carbocycles. The standard InChI is InChI=1S/C14H19N3O3S2/c1-3-11(20-12-7-5-4-6-10(12)2)8-16-14-17-9-13(21-14)22(15,18)19/h4-7,9,11H,3,8H2,1-2H3,(H,16,17)(H2,15,18,19). The molecule has 1 aromatic carbocycles. The number of thiazole rings is 1. The second-order valence-corrected chi connectivity index (χ2v) is 7.64. The minimum atomic E-state index is -3.70. The molecule has 0 aliphatic heterocycles. The molecule has 0 bridgehead atoms. The Kier molecular flexibility index (Phi) is 5.38. The van der Waals surface area contributed by atoms with Crippen molar-refractivity contribution < 1.29 is 13.2 Å². The van der Waals surface area contributed by atoms with Crippen molar-refractivity contribution in [1.82, 2.24) is 4.98 Å². The van der Waals surface area contributed by atoms with Gasteiger partial charge >= 0.3 is 0 Å². The van der Waals surface area contributed by atoms with E-state index in [1.165, 1.54) is 6.20 Å². The largest absolute Gasteiger partial charge is 0.488 e.